The summed E-state index contributed by atoms with van der Waals surface area (Å²) in [6.45, 7) is 3.64. The van der Waals surface area contributed by atoms with E-state index in [4.69, 9.17) is 8.83 Å². The third-order valence-electron chi connectivity index (χ3n) is 3.09. The maximum atomic E-state index is 11.6. The Morgan fingerprint density at radius 2 is 1.32 bits per heavy atom. The van der Waals surface area contributed by atoms with Gasteiger partial charge in [0.25, 0.3) is 0 Å². The van der Waals surface area contributed by atoms with Gasteiger partial charge in [0.1, 0.15) is 23.0 Å². The number of hydrogen-bond donors (Lipinski definition) is 2. The highest BCUT2D eigenvalue weighted by molar-refractivity contribution is 5.82. The molecule has 2 aromatic heterocycles. The predicted octanol–water partition coefficient (Wildman–Crippen LogP) is 2.26. The molecule has 0 bridgehead atoms. The largest absolute Gasteiger partial charge is 0.460 e. The van der Waals surface area contributed by atoms with Crippen LogP contribution in [-0.2, 0) is 9.59 Å². The third-order valence-corrected chi connectivity index (χ3v) is 3.09. The number of carbonyl (C=O) groups is 2. The first-order chi connectivity index (χ1) is 12.0. The summed E-state index contributed by atoms with van der Waals surface area (Å²) in [5.41, 5.74) is 4.76. The molecule has 0 aliphatic heterocycles. The second-order valence-electron chi connectivity index (χ2n) is 5.34. The molecule has 2 N–H and O–H groups in total. The zero-order chi connectivity index (χ0) is 18.1. The Bertz CT molecular complexity index is 709. The molecule has 2 rings (SSSR count). The molecule has 0 fully saturated rings. The van der Waals surface area contributed by atoms with Crippen LogP contribution in [0, 0.1) is 13.8 Å². The molecule has 0 saturated heterocycles. The van der Waals surface area contributed by atoms with Crippen molar-refractivity contribution in [3.05, 3.63) is 47.3 Å². The summed E-state index contributed by atoms with van der Waals surface area (Å²) in [6.07, 6.45) is 3.60. The van der Waals surface area contributed by atoms with Gasteiger partial charge in [-0.1, -0.05) is 0 Å². The van der Waals surface area contributed by atoms with Gasteiger partial charge in [-0.25, -0.2) is 10.9 Å². The zero-order valence-electron chi connectivity index (χ0n) is 14.1. The van der Waals surface area contributed by atoms with Crippen LogP contribution in [0.25, 0.3) is 0 Å². The molecule has 2 amide bonds. The summed E-state index contributed by atoms with van der Waals surface area (Å²) in [7, 11) is 0. The number of furan rings is 2. The normalized spacial score (nSPS) is 11.3. The minimum absolute atomic E-state index is 0.184. The number of amides is 2. The highest BCUT2D eigenvalue weighted by Gasteiger charge is 2.04. The van der Waals surface area contributed by atoms with Gasteiger partial charge in [-0.15, -0.1) is 0 Å². The van der Waals surface area contributed by atoms with Gasteiger partial charge >= 0.3 is 0 Å². The zero-order valence-corrected chi connectivity index (χ0v) is 14.1. The fraction of sp³-hybridized carbons (Fsp3) is 0.294. The van der Waals surface area contributed by atoms with Crippen LogP contribution in [0.1, 0.15) is 42.3 Å². The van der Waals surface area contributed by atoms with Gasteiger partial charge in [-0.3, -0.25) is 9.59 Å². The van der Waals surface area contributed by atoms with E-state index in [9.17, 15) is 9.59 Å². The molecule has 0 aliphatic rings. The molecule has 0 unspecified atom stereocenters. The first kappa shape index (κ1) is 18.2. The van der Waals surface area contributed by atoms with E-state index in [1.165, 1.54) is 12.4 Å². The van der Waals surface area contributed by atoms with Gasteiger partial charge < -0.3 is 8.83 Å². The monoisotopic (exact) mass is 344 g/mol. The van der Waals surface area contributed by atoms with E-state index in [0.717, 1.165) is 11.5 Å². The van der Waals surface area contributed by atoms with Crippen LogP contribution in [-0.4, -0.2) is 24.2 Å². The van der Waals surface area contributed by atoms with E-state index in [0.29, 0.717) is 17.9 Å². The molecule has 0 atom stereocenters. The van der Waals surface area contributed by atoms with Crippen LogP contribution in [0.3, 0.4) is 0 Å². The van der Waals surface area contributed by atoms with Gasteiger partial charge in [0.05, 0.1) is 12.4 Å². The van der Waals surface area contributed by atoms with Crippen LogP contribution < -0.4 is 10.9 Å². The summed E-state index contributed by atoms with van der Waals surface area (Å²) in [4.78, 5) is 23.2. The lowest BCUT2D eigenvalue weighted by Gasteiger charge is -2.00. The summed E-state index contributed by atoms with van der Waals surface area (Å²) in [6, 6.07) is 7.11. The third kappa shape index (κ3) is 6.86. The second kappa shape index (κ2) is 9.21. The maximum Gasteiger partial charge on any atom is 0.240 e. The van der Waals surface area contributed by atoms with Crippen molar-refractivity contribution in [2.24, 2.45) is 10.2 Å². The summed E-state index contributed by atoms with van der Waals surface area (Å²) in [5.74, 6) is 2.10. The Morgan fingerprint density at radius 1 is 0.880 bits per heavy atom. The molecule has 25 heavy (non-hydrogen) atoms. The number of nitrogens with zero attached hydrogens (tertiary/aromatic N) is 2. The van der Waals surface area contributed by atoms with Crippen molar-refractivity contribution in [3.8, 4) is 0 Å². The smallest absolute Gasteiger partial charge is 0.240 e. The van der Waals surface area contributed by atoms with Crippen molar-refractivity contribution in [2.45, 2.75) is 33.1 Å². The number of hydrazone groups is 2. The van der Waals surface area contributed by atoms with E-state index in [2.05, 4.69) is 21.1 Å². The lowest BCUT2D eigenvalue weighted by atomic mass is 10.2. The number of hydrogen-bond acceptors (Lipinski definition) is 6. The average Bonchev–Trinajstić information content (AvgIpc) is 3.16. The van der Waals surface area contributed by atoms with E-state index in [1.54, 1.807) is 24.3 Å². The van der Waals surface area contributed by atoms with E-state index >= 15 is 0 Å². The van der Waals surface area contributed by atoms with Crippen molar-refractivity contribution in [3.63, 3.8) is 0 Å². The lowest BCUT2D eigenvalue weighted by molar-refractivity contribution is -0.122. The molecule has 8 heteroatoms. The predicted molar refractivity (Wildman–Crippen MR) is 92.2 cm³/mol. The minimum atomic E-state index is -0.276. The van der Waals surface area contributed by atoms with Crippen molar-refractivity contribution in [1.82, 2.24) is 10.9 Å². The maximum absolute atomic E-state index is 11.6. The van der Waals surface area contributed by atoms with Gasteiger partial charge in [-0.05, 0) is 44.5 Å². The van der Waals surface area contributed by atoms with Crippen molar-refractivity contribution in [2.75, 3.05) is 0 Å². The molecule has 0 spiro atoms. The quantitative estimate of drug-likeness (QED) is 0.565. The van der Waals surface area contributed by atoms with E-state index in [1.807, 2.05) is 13.8 Å². The highest BCUT2D eigenvalue weighted by Crippen LogP contribution is 2.03. The average molecular weight is 344 g/mol. The van der Waals surface area contributed by atoms with E-state index in [-0.39, 0.29) is 24.7 Å². The van der Waals surface area contributed by atoms with Crippen LogP contribution in [0.15, 0.2) is 43.3 Å². The van der Waals surface area contributed by atoms with Crippen molar-refractivity contribution < 1.29 is 18.4 Å². The van der Waals surface area contributed by atoms with Crippen LogP contribution >= 0.6 is 0 Å². The number of aryl methyl sites for hydroxylation is 2. The number of rotatable bonds is 8. The second-order valence-corrected chi connectivity index (χ2v) is 5.34. The Hall–Kier alpha value is -3.16. The summed E-state index contributed by atoms with van der Waals surface area (Å²) < 4.78 is 10.6. The number of nitrogens with one attached hydrogen (secondary N) is 2. The van der Waals surface area contributed by atoms with Gasteiger partial charge in [0.15, 0.2) is 0 Å². The first-order valence-electron chi connectivity index (χ1n) is 7.79. The molecule has 0 aromatic carbocycles. The molecule has 8 nitrogen and oxygen atoms in total. The van der Waals surface area contributed by atoms with Gasteiger partial charge in [-0.2, -0.15) is 10.2 Å². The highest BCUT2D eigenvalue weighted by atomic mass is 16.3. The standard InChI is InChI=1S/C17H20N4O4/c1-12-6-8-14(24-12)10-18-20-16(22)4-3-5-17(23)21-19-11-15-9-7-13(2)25-15/h6-11H,3-5H2,1-2H3,(H,20,22)(H,21,23). The summed E-state index contributed by atoms with van der Waals surface area (Å²) in [5, 5.41) is 7.57. The van der Waals surface area contributed by atoms with E-state index < -0.39 is 0 Å². The topological polar surface area (TPSA) is 109 Å². The minimum Gasteiger partial charge on any atom is -0.460 e. The fourth-order valence-corrected chi connectivity index (χ4v) is 1.90. The molecule has 132 valence electrons. The Labute approximate surface area is 145 Å². The molecular weight excluding hydrogens is 324 g/mol. The van der Waals surface area contributed by atoms with Gasteiger partial charge in [0, 0.05) is 12.8 Å². The molecule has 2 aromatic rings. The van der Waals surface area contributed by atoms with Crippen LogP contribution in [0.5, 0.6) is 0 Å². The number of carbonyl (C=O) groups excluding carboxylic acids is 2. The van der Waals surface area contributed by atoms with Crippen LogP contribution in [0.2, 0.25) is 0 Å². The molecule has 0 aliphatic carbocycles. The Balaban J connectivity index is 1.59. The van der Waals surface area contributed by atoms with Crippen LogP contribution in [0.4, 0.5) is 0 Å². The Morgan fingerprint density at radius 3 is 1.68 bits per heavy atom. The lowest BCUT2D eigenvalue weighted by Crippen LogP contribution is -2.20. The Kier molecular flexibility index (Phi) is 6.70. The van der Waals surface area contributed by atoms with Crippen molar-refractivity contribution >= 4 is 24.2 Å². The molecular formula is C17H20N4O4. The van der Waals surface area contributed by atoms with Gasteiger partial charge in [0.2, 0.25) is 11.8 Å². The molecule has 0 saturated carbocycles. The SMILES string of the molecule is Cc1ccc(C=NNC(=O)CCCC(=O)NN=Cc2ccc(C)o2)o1. The van der Waals surface area contributed by atoms with Crippen molar-refractivity contribution in [1.29, 1.82) is 0 Å². The molecule has 2 heterocycles. The summed E-state index contributed by atoms with van der Waals surface area (Å²) >= 11 is 0. The molecule has 0 radical (unpaired) electrons. The first-order valence-corrected chi connectivity index (χ1v) is 7.79. The fourth-order valence-electron chi connectivity index (χ4n) is 1.90.